The number of rotatable bonds is 6. The summed E-state index contributed by atoms with van der Waals surface area (Å²) >= 11 is 0. The van der Waals surface area contributed by atoms with E-state index < -0.39 is 0 Å². The predicted octanol–water partition coefficient (Wildman–Crippen LogP) is 4.07. The van der Waals surface area contributed by atoms with Gasteiger partial charge in [-0.3, -0.25) is 0 Å². The first-order valence-electron chi connectivity index (χ1n) is 7.36. The monoisotopic (exact) mass is 265 g/mol. The molecule has 1 fully saturated rings. The highest BCUT2D eigenvalue weighted by Gasteiger charge is 2.16. The Balaban J connectivity index is 1.94. The third-order valence-corrected chi connectivity index (χ3v) is 3.92. The molecule has 0 aromatic heterocycles. The number of ether oxygens (including phenoxy) is 1. The van der Waals surface area contributed by atoms with Crippen LogP contribution in [0.25, 0.3) is 0 Å². The van der Waals surface area contributed by atoms with Gasteiger partial charge < -0.3 is 10.1 Å². The van der Waals surface area contributed by atoms with Gasteiger partial charge in [0.15, 0.2) is 11.6 Å². The van der Waals surface area contributed by atoms with Crippen LogP contribution in [-0.4, -0.2) is 13.2 Å². The highest BCUT2D eigenvalue weighted by molar-refractivity contribution is 5.30. The summed E-state index contributed by atoms with van der Waals surface area (Å²) in [5.41, 5.74) is 0.965. The van der Waals surface area contributed by atoms with Crippen LogP contribution in [0.5, 0.6) is 5.75 Å². The first kappa shape index (κ1) is 14.3. The van der Waals surface area contributed by atoms with Crippen LogP contribution in [0.1, 0.15) is 51.1 Å². The lowest BCUT2D eigenvalue weighted by Gasteiger charge is -2.15. The van der Waals surface area contributed by atoms with E-state index in [1.54, 1.807) is 12.1 Å². The smallest absolute Gasteiger partial charge is 0.165 e. The third-order valence-electron chi connectivity index (χ3n) is 3.92. The summed E-state index contributed by atoms with van der Waals surface area (Å²) in [5.74, 6) is 0.749. The van der Waals surface area contributed by atoms with Crippen molar-refractivity contribution in [3.05, 3.63) is 29.6 Å². The van der Waals surface area contributed by atoms with Crippen LogP contribution in [-0.2, 0) is 0 Å². The lowest BCUT2D eigenvalue weighted by atomic mass is 10.1. The van der Waals surface area contributed by atoms with Crippen molar-refractivity contribution < 1.29 is 9.13 Å². The molecule has 0 saturated heterocycles. The Morgan fingerprint density at radius 3 is 2.74 bits per heavy atom. The van der Waals surface area contributed by atoms with Gasteiger partial charge in [0.1, 0.15) is 0 Å². The summed E-state index contributed by atoms with van der Waals surface area (Å²) in [6.07, 6.45) is 5.01. The maximum absolute atomic E-state index is 14.0. The Bertz CT molecular complexity index is 402. The van der Waals surface area contributed by atoms with Gasteiger partial charge in [0.2, 0.25) is 0 Å². The molecule has 1 aromatic rings. The summed E-state index contributed by atoms with van der Waals surface area (Å²) in [4.78, 5) is 0. The van der Waals surface area contributed by atoms with Gasteiger partial charge in [-0.25, -0.2) is 4.39 Å². The minimum Gasteiger partial charge on any atom is -0.490 e. The van der Waals surface area contributed by atoms with Crippen molar-refractivity contribution in [2.75, 3.05) is 13.2 Å². The molecule has 19 heavy (non-hydrogen) atoms. The summed E-state index contributed by atoms with van der Waals surface area (Å²) < 4.78 is 19.6. The predicted molar refractivity (Wildman–Crippen MR) is 75.9 cm³/mol. The first-order chi connectivity index (χ1) is 9.20. The highest BCUT2D eigenvalue weighted by atomic mass is 19.1. The Morgan fingerprint density at radius 2 is 2.11 bits per heavy atom. The van der Waals surface area contributed by atoms with Gasteiger partial charge in [-0.05, 0) is 49.9 Å². The summed E-state index contributed by atoms with van der Waals surface area (Å²) in [5, 5.41) is 3.28. The molecule has 0 radical (unpaired) electrons. The molecule has 1 aliphatic carbocycles. The second-order valence-corrected chi connectivity index (χ2v) is 5.43. The molecule has 2 nitrogen and oxygen atoms in total. The van der Waals surface area contributed by atoms with Gasteiger partial charge in [-0.1, -0.05) is 25.8 Å². The summed E-state index contributed by atoms with van der Waals surface area (Å²) in [6.45, 7) is 5.62. The zero-order valence-electron chi connectivity index (χ0n) is 11.9. The molecule has 2 rings (SSSR count). The van der Waals surface area contributed by atoms with E-state index in [9.17, 15) is 4.39 Å². The number of hydrogen-bond acceptors (Lipinski definition) is 2. The minimum absolute atomic E-state index is 0.170. The number of halogens is 1. The lowest BCUT2D eigenvalue weighted by Crippen LogP contribution is -2.18. The van der Waals surface area contributed by atoms with E-state index in [1.807, 2.05) is 19.9 Å². The van der Waals surface area contributed by atoms with Gasteiger partial charge in [0.25, 0.3) is 0 Å². The van der Waals surface area contributed by atoms with E-state index in [4.69, 9.17) is 4.74 Å². The van der Waals surface area contributed by atoms with Crippen LogP contribution in [0.2, 0.25) is 0 Å². The zero-order chi connectivity index (χ0) is 13.7. The van der Waals surface area contributed by atoms with E-state index >= 15 is 0 Å². The van der Waals surface area contributed by atoms with Gasteiger partial charge in [-0.2, -0.15) is 0 Å². The fraction of sp³-hybridized carbons (Fsp3) is 0.625. The third kappa shape index (κ3) is 3.93. The number of nitrogens with one attached hydrogen (secondary N) is 1. The summed E-state index contributed by atoms with van der Waals surface area (Å²) in [6, 6.07) is 5.45. The van der Waals surface area contributed by atoms with Crippen molar-refractivity contribution in [1.82, 2.24) is 5.32 Å². The van der Waals surface area contributed by atoms with E-state index in [0.717, 1.165) is 12.1 Å². The molecule has 0 amide bonds. The second-order valence-electron chi connectivity index (χ2n) is 5.43. The average Bonchev–Trinajstić information content (AvgIpc) is 2.90. The molecule has 0 bridgehead atoms. The Hall–Kier alpha value is -1.09. The summed E-state index contributed by atoms with van der Waals surface area (Å²) in [7, 11) is 0. The van der Waals surface area contributed by atoms with Crippen LogP contribution in [0.15, 0.2) is 18.2 Å². The van der Waals surface area contributed by atoms with Gasteiger partial charge in [0, 0.05) is 6.04 Å². The molecule has 0 spiro atoms. The molecule has 106 valence electrons. The van der Waals surface area contributed by atoms with Crippen LogP contribution in [0.4, 0.5) is 4.39 Å². The zero-order valence-corrected chi connectivity index (χ0v) is 11.9. The van der Waals surface area contributed by atoms with E-state index in [2.05, 4.69) is 5.32 Å². The minimum atomic E-state index is -0.250. The van der Waals surface area contributed by atoms with Gasteiger partial charge >= 0.3 is 0 Å². The number of hydrogen-bond donors (Lipinski definition) is 1. The average molecular weight is 265 g/mol. The molecule has 1 aromatic carbocycles. The van der Waals surface area contributed by atoms with Crippen molar-refractivity contribution in [2.45, 2.75) is 45.6 Å². The fourth-order valence-corrected chi connectivity index (χ4v) is 2.71. The standard InChI is InChI=1S/C16H24FNO/c1-3-18-12(2)14-8-9-16(15(17)10-14)19-11-13-6-4-5-7-13/h8-10,12-13,18H,3-7,11H2,1-2H3. The molecular weight excluding hydrogens is 241 g/mol. The molecule has 1 atom stereocenters. The molecule has 0 heterocycles. The second kappa shape index (κ2) is 6.90. The molecule has 1 unspecified atom stereocenters. The molecule has 1 aliphatic rings. The maximum Gasteiger partial charge on any atom is 0.165 e. The molecule has 1 saturated carbocycles. The van der Waals surface area contributed by atoms with Crippen LogP contribution in [0.3, 0.4) is 0 Å². The quantitative estimate of drug-likeness (QED) is 0.837. The normalized spacial score (nSPS) is 17.6. The first-order valence-corrected chi connectivity index (χ1v) is 7.36. The van der Waals surface area contributed by atoms with Crippen molar-refractivity contribution in [2.24, 2.45) is 5.92 Å². The SMILES string of the molecule is CCNC(C)c1ccc(OCC2CCCC2)c(F)c1. The van der Waals surface area contributed by atoms with E-state index in [-0.39, 0.29) is 11.9 Å². The van der Waals surface area contributed by atoms with Gasteiger partial charge in [0.05, 0.1) is 6.61 Å². The van der Waals surface area contributed by atoms with Crippen molar-refractivity contribution in [1.29, 1.82) is 0 Å². The molecule has 3 heteroatoms. The number of benzene rings is 1. The van der Waals surface area contributed by atoms with Crippen LogP contribution >= 0.6 is 0 Å². The Labute approximate surface area is 115 Å². The maximum atomic E-state index is 14.0. The topological polar surface area (TPSA) is 21.3 Å². The van der Waals surface area contributed by atoms with E-state index in [0.29, 0.717) is 18.3 Å². The van der Waals surface area contributed by atoms with Gasteiger partial charge in [-0.15, -0.1) is 0 Å². The fourth-order valence-electron chi connectivity index (χ4n) is 2.71. The molecule has 0 aliphatic heterocycles. The Kier molecular flexibility index (Phi) is 5.20. The van der Waals surface area contributed by atoms with Crippen LogP contribution < -0.4 is 10.1 Å². The largest absolute Gasteiger partial charge is 0.490 e. The van der Waals surface area contributed by atoms with E-state index in [1.165, 1.54) is 25.7 Å². The highest BCUT2D eigenvalue weighted by Crippen LogP contribution is 2.27. The van der Waals surface area contributed by atoms with Crippen molar-refractivity contribution >= 4 is 0 Å². The Morgan fingerprint density at radius 1 is 1.37 bits per heavy atom. The lowest BCUT2D eigenvalue weighted by molar-refractivity contribution is 0.242. The molecule has 1 N–H and O–H groups in total. The molecular formula is C16H24FNO. The van der Waals surface area contributed by atoms with Crippen molar-refractivity contribution in [3.63, 3.8) is 0 Å². The van der Waals surface area contributed by atoms with Crippen LogP contribution in [0, 0.1) is 11.7 Å². The van der Waals surface area contributed by atoms with Crippen molar-refractivity contribution in [3.8, 4) is 5.75 Å².